The highest BCUT2D eigenvalue weighted by Gasteiger charge is 2.36. The summed E-state index contributed by atoms with van der Waals surface area (Å²) in [5.41, 5.74) is -2.03. The molecule has 0 aliphatic carbocycles. The zero-order valence-corrected chi connectivity index (χ0v) is 13.1. The predicted molar refractivity (Wildman–Crippen MR) is 82.7 cm³/mol. The molecule has 0 N–H and O–H groups in total. The first-order valence-electron chi connectivity index (χ1n) is 7.19. The SMILES string of the molecule is N#C[C@@H](C(=O)OCc1ccccc1)c1cc(C(F)(F)F)ccc1[N+](=O)[O-]. The molecule has 0 fully saturated rings. The van der Waals surface area contributed by atoms with E-state index >= 15 is 0 Å². The van der Waals surface area contributed by atoms with Crippen LogP contribution in [0.5, 0.6) is 0 Å². The summed E-state index contributed by atoms with van der Waals surface area (Å²) in [6.07, 6.45) is -4.78. The minimum absolute atomic E-state index is 0.218. The molecule has 26 heavy (non-hydrogen) atoms. The van der Waals surface area contributed by atoms with Crippen LogP contribution >= 0.6 is 0 Å². The fraction of sp³-hybridized carbons (Fsp3) is 0.176. The van der Waals surface area contributed by atoms with Gasteiger partial charge in [-0.05, 0) is 17.7 Å². The van der Waals surface area contributed by atoms with E-state index in [-0.39, 0.29) is 6.61 Å². The average Bonchev–Trinajstić information content (AvgIpc) is 2.60. The number of nitro groups is 1. The molecule has 0 aliphatic heterocycles. The van der Waals surface area contributed by atoms with Gasteiger partial charge in [0.2, 0.25) is 0 Å². The molecule has 0 saturated heterocycles. The number of nitrogens with zero attached hydrogens (tertiary/aromatic N) is 2. The van der Waals surface area contributed by atoms with Crippen LogP contribution in [-0.2, 0) is 22.3 Å². The molecule has 0 unspecified atom stereocenters. The van der Waals surface area contributed by atoms with Crippen molar-refractivity contribution in [2.45, 2.75) is 18.7 Å². The third-order valence-electron chi connectivity index (χ3n) is 3.45. The van der Waals surface area contributed by atoms with Gasteiger partial charge < -0.3 is 4.74 Å². The molecule has 0 saturated carbocycles. The lowest BCUT2D eigenvalue weighted by Crippen LogP contribution is -2.17. The van der Waals surface area contributed by atoms with Gasteiger partial charge in [-0.3, -0.25) is 14.9 Å². The first-order valence-corrected chi connectivity index (χ1v) is 7.19. The van der Waals surface area contributed by atoms with Crippen molar-refractivity contribution in [3.8, 4) is 6.07 Å². The van der Waals surface area contributed by atoms with E-state index in [9.17, 15) is 33.3 Å². The fourth-order valence-corrected chi connectivity index (χ4v) is 2.19. The highest BCUT2D eigenvalue weighted by molar-refractivity contribution is 5.83. The van der Waals surface area contributed by atoms with Crippen LogP contribution < -0.4 is 0 Å². The van der Waals surface area contributed by atoms with Crippen LogP contribution in [0.1, 0.15) is 22.6 Å². The van der Waals surface area contributed by atoms with Gasteiger partial charge in [-0.2, -0.15) is 18.4 Å². The van der Waals surface area contributed by atoms with E-state index in [4.69, 9.17) is 4.74 Å². The Labute approximate surface area is 145 Å². The third-order valence-corrected chi connectivity index (χ3v) is 3.45. The first kappa shape index (κ1) is 18.9. The van der Waals surface area contributed by atoms with Crippen molar-refractivity contribution >= 4 is 11.7 Å². The largest absolute Gasteiger partial charge is 0.460 e. The van der Waals surface area contributed by atoms with Gasteiger partial charge in [0.25, 0.3) is 5.69 Å². The number of carbonyl (C=O) groups excluding carboxylic acids is 1. The second-order valence-corrected chi connectivity index (χ2v) is 5.18. The van der Waals surface area contributed by atoms with E-state index in [1.54, 1.807) is 30.3 Å². The number of hydrogen-bond donors (Lipinski definition) is 0. The van der Waals surface area contributed by atoms with Crippen molar-refractivity contribution in [2.24, 2.45) is 0 Å². The molecule has 2 aromatic carbocycles. The quantitative estimate of drug-likeness (QED) is 0.455. The number of carbonyl (C=O) groups is 1. The molecular weight excluding hydrogens is 353 g/mol. The Morgan fingerprint density at radius 2 is 1.88 bits per heavy atom. The van der Waals surface area contributed by atoms with Gasteiger partial charge in [0, 0.05) is 6.07 Å². The number of halogens is 3. The number of hydrogen-bond acceptors (Lipinski definition) is 5. The van der Waals surface area contributed by atoms with Crippen molar-refractivity contribution in [2.75, 3.05) is 0 Å². The Morgan fingerprint density at radius 3 is 2.42 bits per heavy atom. The first-order chi connectivity index (χ1) is 12.2. The Bertz CT molecular complexity index is 861. The number of ether oxygens (including phenoxy) is 1. The number of rotatable bonds is 5. The van der Waals surface area contributed by atoms with Gasteiger partial charge in [-0.1, -0.05) is 30.3 Å². The Balaban J connectivity index is 2.34. The lowest BCUT2D eigenvalue weighted by molar-refractivity contribution is -0.385. The lowest BCUT2D eigenvalue weighted by Gasteiger charge is -2.13. The van der Waals surface area contributed by atoms with E-state index in [2.05, 4.69) is 0 Å². The number of benzene rings is 2. The monoisotopic (exact) mass is 364 g/mol. The summed E-state index contributed by atoms with van der Waals surface area (Å²) in [4.78, 5) is 22.2. The Morgan fingerprint density at radius 1 is 1.23 bits per heavy atom. The molecule has 0 aromatic heterocycles. The molecule has 0 radical (unpaired) electrons. The maximum absolute atomic E-state index is 12.9. The van der Waals surface area contributed by atoms with Crippen LogP contribution in [0.15, 0.2) is 48.5 Å². The fourth-order valence-electron chi connectivity index (χ4n) is 2.19. The molecule has 0 bridgehead atoms. The minimum atomic E-state index is -4.78. The molecule has 2 aromatic rings. The normalized spacial score (nSPS) is 12.1. The van der Waals surface area contributed by atoms with E-state index in [1.807, 2.05) is 0 Å². The van der Waals surface area contributed by atoms with E-state index in [0.717, 1.165) is 0 Å². The van der Waals surface area contributed by atoms with E-state index in [0.29, 0.717) is 23.8 Å². The molecule has 0 spiro atoms. The second kappa shape index (κ2) is 7.65. The standard InChI is InChI=1S/C17H11F3N2O4/c18-17(19,20)12-6-7-15(22(24)25)13(8-12)14(9-21)16(23)26-10-11-4-2-1-3-5-11/h1-8,14H,10H2/t14-/m1/s1. The minimum Gasteiger partial charge on any atom is -0.460 e. The average molecular weight is 364 g/mol. The molecular formula is C17H11F3N2O4. The molecule has 0 amide bonds. The third kappa shape index (κ3) is 4.36. The molecule has 134 valence electrons. The van der Waals surface area contributed by atoms with Crippen molar-refractivity contribution in [1.29, 1.82) is 5.26 Å². The highest BCUT2D eigenvalue weighted by Crippen LogP contribution is 2.35. The van der Waals surface area contributed by atoms with Crippen LogP contribution in [0, 0.1) is 21.4 Å². The number of nitro benzene ring substituents is 1. The Hall–Kier alpha value is -3.41. The molecule has 6 nitrogen and oxygen atoms in total. The van der Waals surface area contributed by atoms with Gasteiger partial charge in [-0.25, -0.2) is 0 Å². The van der Waals surface area contributed by atoms with Crippen LogP contribution in [0.25, 0.3) is 0 Å². The maximum atomic E-state index is 12.9. The van der Waals surface area contributed by atoms with Crippen molar-refractivity contribution < 1.29 is 27.6 Å². The van der Waals surface area contributed by atoms with Crippen LogP contribution in [-0.4, -0.2) is 10.9 Å². The lowest BCUT2D eigenvalue weighted by atomic mass is 9.96. The van der Waals surface area contributed by atoms with Crippen LogP contribution in [0.4, 0.5) is 18.9 Å². The smallest absolute Gasteiger partial charge is 0.416 e. The topological polar surface area (TPSA) is 93.2 Å². The summed E-state index contributed by atoms with van der Waals surface area (Å²) in [6.45, 7) is -0.218. The van der Waals surface area contributed by atoms with Crippen molar-refractivity contribution in [1.82, 2.24) is 0 Å². The predicted octanol–water partition coefficient (Wildman–Crippen LogP) is 3.96. The van der Waals surface area contributed by atoms with Gasteiger partial charge in [0.15, 0.2) is 5.92 Å². The summed E-state index contributed by atoms with van der Waals surface area (Å²) in [7, 11) is 0. The summed E-state index contributed by atoms with van der Waals surface area (Å²) < 4.78 is 43.5. The van der Waals surface area contributed by atoms with Crippen LogP contribution in [0.2, 0.25) is 0 Å². The van der Waals surface area contributed by atoms with Crippen molar-refractivity contribution in [3.63, 3.8) is 0 Å². The Kier molecular flexibility index (Phi) is 5.57. The molecule has 1 atom stereocenters. The second-order valence-electron chi connectivity index (χ2n) is 5.18. The van der Waals surface area contributed by atoms with Crippen LogP contribution in [0.3, 0.4) is 0 Å². The molecule has 0 aliphatic rings. The molecule has 9 heteroatoms. The summed E-state index contributed by atoms with van der Waals surface area (Å²) in [5.74, 6) is -3.03. The van der Waals surface area contributed by atoms with Gasteiger partial charge in [0.1, 0.15) is 6.61 Å². The van der Waals surface area contributed by atoms with Crippen molar-refractivity contribution in [3.05, 3.63) is 75.3 Å². The van der Waals surface area contributed by atoms with E-state index < -0.39 is 39.8 Å². The molecule has 2 rings (SSSR count). The number of esters is 1. The van der Waals surface area contributed by atoms with Gasteiger partial charge in [-0.15, -0.1) is 0 Å². The molecule has 0 heterocycles. The number of nitriles is 1. The maximum Gasteiger partial charge on any atom is 0.416 e. The van der Waals surface area contributed by atoms with E-state index in [1.165, 1.54) is 6.07 Å². The number of alkyl halides is 3. The zero-order chi connectivity index (χ0) is 19.3. The zero-order valence-electron chi connectivity index (χ0n) is 13.1. The summed E-state index contributed by atoms with van der Waals surface area (Å²) in [6, 6.07) is 11.4. The highest BCUT2D eigenvalue weighted by atomic mass is 19.4. The van der Waals surface area contributed by atoms with Gasteiger partial charge in [0.05, 0.1) is 22.1 Å². The summed E-state index contributed by atoms with van der Waals surface area (Å²) >= 11 is 0. The van der Waals surface area contributed by atoms with Gasteiger partial charge >= 0.3 is 12.1 Å². The summed E-state index contributed by atoms with van der Waals surface area (Å²) in [5, 5.41) is 20.3.